The third-order valence-corrected chi connectivity index (χ3v) is 1.96. The van der Waals surface area contributed by atoms with Crippen LogP contribution in [0.15, 0.2) is 0 Å². The molecule has 0 aliphatic carbocycles. The summed E-state index contributed by atoms with van der Waals surface area (Å²) < 4.78 is 0. The van der Waals surface area contributed by atoms with Gasteiger partial charge in [0.05, 0.1) is 0 Å². The van der Waals surface area contributed by atoms with Gasteiger partial charge >= 0.3 is 0 Å². The summed E-state index contributed by atoms with van der Waals surface area (Å²) in [5.74, 6) is 7.30. The average molecular weight is 166 g/mol. The van der Waals surface area contributed by atoms with Gasteiger partial charge in [0.1, 0.15) is 0 Å². The summed E-state index contributed by atoms with van der Waals surface area (Å²) in [7, 11) is 0. The van der Waals surface area contributed by atoms with Gasteiger partial charge in [-0.15, -0.1) is 5.92 Å². The van der Waals surface area contributed by atoms with Gasteiger partial charge in [0, 0.05) is 12.3 Å². The first-order valence-electron chi connectivity index (χ1n) is 5.33. The predicted molar refractivity (Wildman–Crippen MR) is 56.0 cm³/mol. The Morgan fingerprint density at radius 1 is 0.917 bits per heavy atom. The lowest BCUT2D eigenvalue weighted by atomic mass is 9.99. The molecule has 70 valence electrons. The van der Waals surface area contributed by atoms with E-state index in [1.54, 1.807) is 0 Å². The topological polar surface area (TPSA) is 0 Å². The third-order valence-electron chi connectivity index (χ3n) is 1.96. The highest BCUT2D eigenvalue weighted by Crippen LogP contribution is 2.11. The molecule has 0 rings (SSSR count). The molecule has 0 unspecified atom stereocenters. The molecule has 12 heavy (non-hydrogen) atoms. The Morgan fingerprint density at radius 2 is 1.50 bits per heavy atom. The summed E-state index contributed by atoms with van der Waals surface area (Å²) in [5.41, 5.74) is 0. The maximum absolute atomic E-state index is 3.37. The van der Waals surface area contributed by atoms with Gasteiger partial charge in [-0.3, -0.25) is 0 Å². The molecule has 0 aromatic rings. The van der Waals surface area contributed by atoms with Crippen molar-refractivity contribution in [2.24, 2.45) is 5.92 Å². The Bertz CT molecular complexity index is 130. The van der Waals surface area contributed by atoms with E-state index in [0.29, 0.717) is 5.92 Å². The molecule has 0 spiro atoms. The van der Waals surface area contributed by atoms with Gasteiger partial charge in [-0.1, -0.05) is 39.5 Å². The van der Waals surface area contributed by atoms with Crippen LogP contribution in [0.4, 0.5) is 0 Å². The minimum atomic E-state index is 0.673. The molecule has 0 radical (unpaired) electrons. The normalized spacial score (nSPS) is 9.67. The van der Waals surface area contributed by atoms with E-state index in [2.05, 4.69) is 32.6 Å². The van der Waals surface area contributed by atoms with Gasteiger partial charge in [-0.2, -0.15) is 0 Å². The maximum Gasteiger partial charge on any atom is 0.0202 e. The second kappa shape index (κ2) is 8.65. The van der Waals surface area contributed by atoms with E-state index in [-0.39, 0.29) is 0 Å². The van der Waals surface area contributed by atoms with Crippen molar-refractivity contribution in [1.82, 2.24) is 0 Å². The van der Waals surface area contributed by atoms with Gasteiger partial charge in [-0.05, 0) is 19.3 Å². The van der Waals surface area contributed by atoms with Crippen LogP contribution in [0.2, 0.25) is 0 Å². The largest absolute Gasteiger partial charge is 0.103 e. The number of hydrogen-bond donors (Lipinski definition) is 0. The van der Waals surface area contributed by atoms with Crippen LogP contribution in [0, 0.1) is 17.8 Å². The van der Waals surface area contributed by atoms with Crippen LogP contribution >= 0.6 is 0 Å². The summed E-state index contributed by atoms with van der Waals surface area (Å²) in [6, 6.07) is 0. The number of unbranched alkanes of at least 4 members (excludes halogenated alkanes) is 1. The van der Waals surface area contributed by atoms with Gasteiger partial charge in [-0.25, -0.2) is 0 Å². The van der Waals surface area contributed by atoms with Gasteiger partial charge in [0.15, 0.2) is 0 Å². The molecule has 0 heterocycles. The van der Waals surface area contributed by atoms with Crippen LogP contribution < -0.4 is 0 Å². The zero-order valence-electron chi connectivity index (χ0n) is 8.82. The lowest BCUT2D eigenvalue weighted by molar-refractivity contribution is 0.545. The summed E-state index contributed by atoms with van der Waals surface area (Å²) in [6.07, 6.45) is 7.37. The molecule has 0 saturated heterocycles. The van der Waals surface area contributed by atoms with E-state index in [1.165, 1.54) is 32.1 Å². The van der Waals surface area contributed by atoms with Gasteiger partial charge in [0.25, 0.3) is 0 Å². The Kier molecular flexibility index (Phi) is 8.34. The van der Waals surface area contributed by atoms with Crippen molar-refractivity contribution in [3.63, 3.8) is 0 Å². The summed E-state index contributed by atoms with van der Waals surface area (Å²) in [6.45, 7) is 6.66. The highest BCUT2D eigenvalue weighted by molar-refractivity contribution is 5.03. The quantitative estimate of drug-likeness (QED) is 0.541. The Labute approximate surface area is 77.8 Å². The molecule has 0 saturated carbocycles. The first-order chi connectivity index (χ1) is 5.85. The fourth-order valence-corrected chi connectivity index (χ4v) is 1.33. The second-order valence-corrected chi connectivity index (χ2v) is 3.35. The van der Waals surface area contributed by atoms with Crippen molar-refractivity contribution in [2.45, 2.75) is 59.3 Å². The van der Waals surface area contributed by atoms with Crippen molar-refractivity contribution in [2.75, 3.05) is 0 Å². The first-order valence-corrected chi connectivity index (χ1v) is 5.33. The van der Waals surface area contributed by atoms with Crippen LogP contribution in [0.3, 0.4) is 0 Å². The second-order valence-electron chi connectivity index (χ2n) is 3.35. The van der Waals surface area contributed by atoms with Crippen LogP contribution in [-0.2, 0) is 0 Å². The minimum Gasteiger partial charge on any atom is -0.103 e. The van der Waals surface area contributed by atoms with Gasteiger partial charge < -0.3 is 0 Å². The monoisotopic (exact) mass is 166 g/mol. The Balaban J connectivity index is 3.70. The zero-order valence-corrected chi connectivity index (χ0v) is 8.82. The van der Waals surface area contributed by atoms with E-state index >= 15 is 0 Å². The van der Waals surface area contributed by atoms with Crippen molar-refractivity contribution in [3.05, 3.63) is 0 Å². The number of hydrogen-bond acceptors (Lipinski definition) is 0. The molecule has 0 aliphatic rings. The van der Waals surface area contributed by atoms with E-state index < -0.39 is 0 Å². The summed E-state index contributed by atoms with van der Waals surface area (Å²) >= 11 is 0. The summed E-state index contributed by atoms with van der Waals surface area (Å²) in [5, 5.41) is 0. The fourth-order valence-electron chi connectivity index (χ4n) is 1.33. The molecular formula is C12H22. The molecule has 0 N–H and O–H groups in total. The smallest absolute Gasteiger partial charge is 0.0202 e. The van der Waals surface area contributed by atoms with Gasteiger partial charge in [0.2, 0.25) is 0 Å². The van der Waals surface area contributed by atoms with Crippen LogP contribution in [0.1, 0.15) is 59.3 Å². The van der Waals surface area contributed by atoms with Crippen molar-refractivity contribution in [3.8, 4) is 11.8 Å². The summed E-state index contributed by atoms with van der Waals surface area (Å²) in [4.78, 5) is 0. The van der Waals surface area contributed by atoms with Crippen molar-refractivity contribution < 1.29 is 0 Å². The maximum atomic E-state index is 3.37. The van der Waals surface area contributed by atoms with E-state index in [0.717, 1.165) is 6.42 Å². The molecule has 0 heteroatoms. The van der Waals surface area contributed by atoms with Crippen molar-refractivity contribution in [1.29, 1.82) is 0 Å². The average Bonchev–Trinajstić information content (AvgIpc) is 2.06. The number of rotatable bonds is 5. The zero-order chi connectivity index (χ0) is 9.23. The molecule has 0 aliphatic heterocycles. The lowest BCUT2D eigenvalue weighted by Crippen LogP contribution is -1.95. The molecule has 0 atom stereocenters. The van der Waals surface area contributed by atoms with Crippen LogP contribution in [0.25, 0.3) is 0 Å². The predicted octanol–water partition coefficient (Wildman–Crippen LogP) is 4.01. The first kappa shape index (κ1) is 11.6. The fraction of sp³-hybridized carbons (Fsp3) is 0.833. The molecule has 0 nitrogen and oxygen atoms in total. The highest BCUT2D eigenvalue weighted by Gasteiger charge is 2.00. The molecule has 0 aromatic heterocycles. The Morgan fingerprint density at radius 3 is 1.92 bits per heavy atom. The van der Waals surface area contributed by atoms with Crippen LogP contribution in [-0.4, -0.2) is 0 Å². The highest BCUT2D eigenvalue weighted by atomic mass is 14.0. The van der Waals surface area contributed by atoms with E-state index in [4.69, 9.17) is 0 Å². The SMILES string of the molecule is CCCC#CC(CCC)CCC. The van der Waals surface area contributed by atoms with Crippen LogP contribution in [0.5, 0.6) is 0 Å². The molecule has 0 aromatic carbocycles. The molecular weight excluding hydrogens is 144 g/mol. The van der Waals surface area contributed by atoms with Crippen molar-refractivity contribution >= 4 is 0 Å². The molecule has 0 amide bonds. The Hall–Kier alpha value is -0.440. The minimum absolute atomic E-state index is 0.673. The molecule has 0 bridgehead atoms. The standard InChI is InChI=1S/C12H22/c1-4-7-8-11-12(9-5-2)10-6-3/h12H,4-7,9-10H2,1-3H3. The lowest BCUT2D eigenvalue weighted by Gasteiger charge is -2.05. The van der Waals surface area contributed by atoms with E-state index in [1.807, 2.05) is 0 Å². The molecule has 0 fully saturated rings. The third kappa shape index (κ3) is 6.28. The van der Waals surface area contributed by atoms with E-state index in [9.17, 15) is 0 Å².